The number of sulfonamides is 1. The second-order valence-corrected chi connectivity index (χ2v) is 7.76. The van der Waals surface area contributed by atoms with Gasteiger partial charge in [-0.15, -0.1) is 0 Å². The predicted octanol–water partition coefficient (Wildman–Crippen LogP) is 2.96. The van der Waals surface area contributed by atoms with Crippen LogP contribution in [0.15, 0.2) is 29.2 Å². The van der Waals surface area contributed by atoms with Crippen molar-refractivity contribution in [2.45, 2.75) is 57.1 Å². The van der Waals surface area contributed by atoms with Crippen LogP contribution >= 0.6 is 0 Å². The van der Waals surface area contributed by atoms with Gasteiger partial charge in [-0.05, 0) is 38.8 Å². The molecular formula is C16H25NO3S. The summed E-state index contributed by atoms with van der Waals surface area (Å²) >= 11 is 0. The molecule has 1 aromatic rings. The predicted molar refractivity (Wildman–Crippen MR) is 83.8 cm³/mol. The molecule has 0 N–H and O–H groups in total. The minimum Gasteiger partial charge on any atom is -0.374 e. The molecule has 1 aliphatic rings. The Morgan fingerprint density at radius 2 is 1.95 bits per heavy atom. The van der Waals surface area contributed by atoms with Gasteiger partial charge in [0.05, 0.1) is 17.1 Å². The van der Waals surface area contributed by atoms with Crippen LogP contribution in [0.5, 0.6) is 0 Å². The molecule has 21 heavy (non-hydrogen) atoms. The number of hydrogen-bond donors (Lipinski definition) is 0. The zero-order valence-corrected chi connectivity index (χ0v) is 13.9. The maximum atomic E-state index is 12.7. The summed E-state index contributed by atoms with van der Waals surface area (Å²) in [6.45, 7) is 6.99. The summed E-state index contributed by atoms with van der Waals surface area (Å²) in [7, 11) is -3.42. The van der Waals surface area contributed by atoms with Gasteiger partial charge in [-0.2, -0.15) is 4.31 Å². The third-order valence-electron chi connectivity index (χ3n) is 3.86. The Labute approximate surface area is 128 Å². The summed E-state index contributed by atoms with van der Waals surface area (Å²) in [5, 5.41) is 0. The highest BCUT2D eigenvalue weighted by molar-refractivity contribution is 7.89. The second kappa shape index (κ2) is 6.90. The summed E-state index contributed by atoms with van der Waals surface area (Å²) in [6.07, 6.45) is 2.92. The van der Waals surface area contributed by atoms with Crippen molar-refractivity contribution in [3.05, 3.63) is 29.8 Å². The molecule has 4 nitrogen and oxygen atoms in total. The van der Waals surface area contributed by atoms with Crippen molar-refractivity contribution in [1.82, 2.24) is 4.31 Å². The summed E-state index contributed by atoms with van der Waals surface area (Å²) < 4.78 is 33.0. The number of benzene rings is 1. The third-order valence-corrected chi connectivity index (χ3v) is 5.73. The highest BCUT2D eigenvalue weighted by Gasteiger charge is 2.30. The highest BCUT2D eigenvalue weighted by Crippen LogP contribution is 2.22. The van der Waals surface area contributed by atoms with Gasteiger partial charge in [0, 0.05) is 13.1 Å². The zero-order chi connectivity index (χ0) is 15.5. The molecule has 0 aliphatic carbocycles. The van der Waals surface area contributed by atoms with Crippen LogP contribution in [0, 0.1) is 6.92 Å². The molecule has 0 saturated carbocycles. The zero-order valence-electron chi connectivity index (χ0n) is 13.1. The Kier molecular flexibility index (Phi) is 5.41. The van der Waals surface area contributed by atoms with Gasteiger partial charge >= 0.3 is 0 Å². The average Bonchev–Trinajstić information content (AvgIpc) is 2.62. The van der Waals surface area contributed by atoms with E-state index in [4.69, 9.17) is 4.74 Å². The van der Waals surface area contributed by atoms with E-state index < -0.39 is 10.0 Å². The SMILES string of the molecule is CCC[C@H]1CCN(S(=O)(=O)c2ccc(C)cc2)C[C@@H](C)O1. The lowest BCUT2D eigenvalue weighted by molar-refractivity contribution is 0.00218. The largest absolute Gasteiger partial charge is 0.374 e. The van der Waals surface area contributed by atoms with Crippen molar-refractivity contribution in [3.8, 4) is 0 Å². The lowest BCUT2D eigenvalue weighted by Gasteiger charge is -2.21. The Morgan fingerprint density at radius 3 is 2.57 bits per heavy atom. The Hall–Kier alpha value is -0.910. The van der Waals surface area contributed by atoms with Crippen LogP contribution in [-0.2, 0) is 14.8 Å². The highest BCUT2D eigenvalue weighted by atomic mass is 32.2. The van der Waals surface area contributed by atoms with Gasteiger partial charge in [-0.1, -0.05) is 31.0 Å². The molecule has 1 aromatic carbocycles. The number of rotatable bonds is 4. The van der Waals surface area contributed by atoms with Crippen LogP contribution in [0.4, 0.5) is 0 Å². The molecule has 2 rings (SSSR count). The van der Waals surface area contributed by atoms with Gasteiger partial charge in [0.15, 0.2) is 0 Å². The van der Waals surface area contributed by atoms with Crippen LogP contribution in [0.3, 0.4) is 0 Å². The molecule has 2 atom stereocenters. The molecule has 1 heterocycles. The normalized spacial score (nSPS) is 24.7. The van der Waals surface area contributed by atoms with Crippen molar-refractivity contribution >= 4 is 10.0 Å². The van der Waals surface area contributed by atoms with E-state index in [9.17, 15) is 8.42 Å². The van der Waals surface area contributed by atoms with Crippen LogP contribution in [-0.4, -0.2) is 38.0 Å². The van der Waals surface area contributed by atoms with Crippen molar-refractivity contribution in [2.75, 3.05) is 13.1 Å². The fourth-order valence-electron chi connectivity index (χ4n) is 2.72. The third kappa shape index (κ3) is 4.05. The summed E-state index contributed by atoms with van der Waals surface area (Å²) in [5.74, 6) is 0. The van der Waals surface area contributed by atoms with Crippen LogP contribution in [0.25, 0.3) is 0 Å². The van der Waals surface area contributed by atoms with E-state index in [2.05, 4.69) is 6.92 Å². The van der Waals surface area contributed by atoms with Crippen molar-refractivity contribution in [3.63, 3.8) is 0 Å². The number of hydrogen-bond acceptors (Lipinski definition) is 3. The van der Waals surface area contributed by atoms with E-state index in [1.165, 1.54) is 0 Å². The minimum absolute atomic E-state index is 0.0655. The van der Waals surface area contributed by atoms with E-state index in [1.807, 2.05) is 26.0 Å². The standard InChI is InChI=1S/C16H25NO3S/c1-4-5-15-10-11-17(12-14(3)20-15)21(18,19)16-8-6-13(2)7-9-16/h6-9,14-15H,4-5,10-12H2,1-3H3/t14-,15+/m1/s1. The molecule has 1 aliphatic heterocycles. The molecule has 5 heteroatoms. The van der Waals surface area contributed by atoms with Gasteiger partial charge in [-0.3, -0.25) is 0 Å². The summed E-state index contributed by atoms with van der Waals surface area (Å²) in [5.41, 5.74) is 1.06. The molecule has 0 bridgehead atoms. The molecule has 1 fully saturated rings. The van der Waals surface area contributed by atoms with Gasteiger partial charge in [-0.25, -0.2) is 8.42 Å². The van der Waals surface area contributed by atoms with Crippen LogP contribution in [0.1, 0.15) is 38.7 Å². The molecule has 0 spiro atoms. The minimum atomic E-state index is -3.42. The van der Waals surface area contributed by atoms with E-state index in [1.54, 1.807) is 16.4 Å². The summed E-state index contributed by atoms with van der Waals surface area (Å²) in [4.78, 5) is 0.370. The van der Waals surface area contributed by atoms with Gasteiger partial charge in [0.1, 0.15) is 0 Å². The second-order valence-electron chi connectivity index (χ2n) is 5.82. The van der Waals surface area contributed by atoms with Crippen LogP contribution in [0.2, 0.25) is 0 Å². The van der Waals surface area contributed by atoms with E-state index >= 15 is 0 Å². The Bertz CT molecular complexity index is 553. The lowest BCUT2D eigenvalue weighted by Crippen LogP contribution is -2.35. The maximum absolute atomic E-state index is 12.7. The smallest absolute Gasteiger partial charge is 0.243 e. The van der Waals surface area contributed by atoms with E-state index in [0.717, 1.165) is 24.8 Å². The topological polar surface area (TPSA) is 46.6 Å². The first-order valence-corrected chi connectivity index (χ1v) is 9.09. The van der Waals surface area contributed by atoms with Crippen molar-refractivity contribution in [2.24, 2.45) is 0 Å². The Morgan fingerprint density at radius 1 is 1.29 bits per heavy atom. The van der Waals surface area contributed by atoms with Crippen LogP contribution < -0.4 is 0 Å². The van der Waals surface area contributed by atoms with Gasteiger partial charge in [0.25, 0.3) is 0 Å². The first-order valence-electron chi connectivity index (χ1n) is 7.65. The number of aryl methyl sites for hydroxylation is 1. The fraction of sp³-hybridized carbons (Fsp3) is 0.625. The molecule has 0 radical (unpaired) electrons. The Balaban J connectivity index is 2.18. The van der Waals surface area contributed by atoms with E-state index in [0.29, 0.717) is 18.0 Å². The molecular weight excluding hydrogens is 286 g/mol. The van der Waals surface area contributed by atoms with Crippen molar-refractivity contribution in [1.29, 1.82) is 0 Å². The molecule has 118 valence electrons. The average molecular weight is 311 g/mol. The van der Waals surface area contributed by atoms with Gasteiger partial charge < -0.3 is 4.74 Å². The summed E-state index contributed by atoms with van der Waals surface area (Å²) in [6, 6.07) is 7.05. The van der Waals surface area contributed by atoms with Crippen molar-refractivity contribution < 1.29 is 13.2 Å². The number of nitrogens with zero attached hydrogens (tertiary/aromatic N) is 1. The maximum Gasteiger partial charge on any atom is 0.243 e. The lowest BCUT2D eigenvalue weighted by atomic mass is 10.1. The van der Waals surface area contributed by atoms with E-state index in [-0.39, 0.29) is 12.2 Å². The molecule has 0 unspecified atom stereocenters. The fourth-order valence-corrected chi connectivity index (χ4v) is 4.25. The molecule has 1 saturated heterocycles. The molecule has 0 amide bonds. The molecule has 0 aromatic heterocycles. The first kappa shape index (κ1) is 16.5. The van der Waals surface area contributed by atoms with Gasteiger partial charge in [0.2, 0.25) is 10.0 Å². The monoisotopic (exact) mass is 311 g/mol. The first-order chi connectivity index (χ1) is 9.93. The quantitative estimate of drug-likeness (QED) is 0.859. The number of ether oxygens (including phenoxy) is 1.